The van der Waals surface area contributed by atoms with E-state index in [0.29, 0.717) is 19.5 Å². The Morgan fingerprint density at radius 3 is 2.63 bits per heavy atom. The van der Waals surface area contributed by atoms with Crippen molar-refractivity contribution < 1.29 is 13.9 Å². The molecular weight excluding hydrogens is 250 g/mol. The summed E-state index contributed by atoms with van der Waals surface area (Å²) in [7, 11) is 0. The van der Waals surface area contributed by atoms with Gasteiger partial charge in [-0.15, -0.1) is 0 Å². The van der Waals surface area contributed by atoms with Gasteiger partial charge in [-0.05, 0) is 37.3 Å². The molecule has 1 atom stereocenters. The quantitative estimate of drug-likeness (QED) is 0.914. The number of anilines is 1. The lowest BCUT2D eigenvalue weighted by atomic mass is 9.94. The SMILES string of the molecule is N#Cc1cc(F)c(N2CCC[C@@H](CCO)C2)c(F)c1. The van der Waals surface area contributed by atoms with Crippen LogP contribution in [-0.4, -0.2) is 24.8 Å². The molecule has 1 heterocycles. The van der Waals surface area contributed by atoms with Gasteiger partial charge in [0.15, 0.2) is 11.6 Å². The Hall–Kier alpha value is -1.67. The van der Waals surface area contributed by atoms with Gasteiger partial charge in [-0.1, -0.05) is 0 Å². The summed E-state index contributed by atoms with van der Waals surface area (Å²) in [5.41, 5.74) is -0.0655. The van der Waals surface area contributed by atoms with Crippen LogP contribution in [0.4, 0.5) is 14.5 Å². The van der Waals surface area contributed by atoms with Crippen LogP contribution in [-0.2, 0) is 0 Å². The van der Waals surface area contributed by atoms with E-state index in [9.17, 15) is 8.78 Å². The second-order valence-electron chi connectivity index (χ2n) is 4.87. The fourth-order valence-corrected chi connectivity index (χ4v) is 2.62. The van der Waals surface area contributed by atoms with Gasteiger partial charge in [-0.25, -0.2) is 8.78 Å². The summed E-state index contributed by atoms with van der Waals surface area (Å²) in [6.07, 6.45) is 2.47. The van der Waals surface area contributed by atoms with E-state index < -0.39 is 11.6 Å². The van der Waals surface area contributed by atoms with E-state index >= 15 is 0 Å². The number of rotatable bonds is 3. The van der Waals surface area contributed by atoms with Gasteiger partial charge in [0, 0.05) is 19.7 Å². The third-order valence-electron chi connectivity index (χ3n) is 3.52. The summed E-state index contributed by atoms with van der Waals surface area (Å²) in [5, 5.41) is 17.6. The molecule has 102 valence electrons. The average Bonchev–Trinajstić information content (AvgIpc) is 2.38. The molecule has 1 aliphatic rings. The third-order valence-corrected chi connectivity index (χ3v) is 3.52. The molecule has 0 spiro atoms. The van der Waals surface area contributed by atoms with Crippen LogP contribution in [0.15, 0.2) is 12.1 Å². The Balaban J connectivity index is 2.24. The van der Waals surface area contributed by atoms with E-state index in [4.69, 9.17) is 10.4 Å². The van der Waals surface area contributed by atoms with Gasteiger partial charge in [0.2, 0.25) is 0 Å². The molecule has 0 unspecified atom stereocenters. The van der Waals surface area contributed by atoms with Crippen molar-refractivity contribution in [2.45, 2.75) is 19.3 Å². The fraction of sp³-hybridized carbons (Fsp3) is 0.500. The van der Waals surface area contributed by atoms with E-state index in [1.54, 1.807) is 11.0 Å². The predicted octanol–water partition coefficient (Wildman–Crippen LogP) is 2.44. The molecule has 1 aromatic carbocycles. The van der Waals surface area contributed by atoms with Gasteiger partial charge in [0.05, 0.1) is 11.6 Å². The van der Waals surface area contributed by atoms with E-state index in [-0.39, 0.29) is 23.8 Å². The van der Waals surface area contributed by atoms with Crippen LogP contribution in [0.1, 0.15) is 24.8 Å². The highest BCUT2D eigenvalue weighted by Crippen LogP contribution is 2.30. The highest BCUT2D eigenvalue weighted by atomic mass is 19.1. The molecule has 0 amide bonds. The Kier molecular flexibility index (Phi) is 4.33. The number of hydrogen-bond acceptors (Lipinski definition) is 3. The molecule has 0 aromatic heterocycles. The fourth-order valence-electron chi connectivity index (χ4n) is 2.62. The topological polar surface area (TPSA) is 47.3 Å². The van der Waals surface area contributed by atoms with Crippen molar-refractivity contribution in [2.24, 2.45) is 5.92 Å². The molecule has 1 fully saturated rings. The molecule has 5 heteroatoms. The minimum atomic E-state index is -0.693. The molecule has 3 nitrogen and oxygen atoms in total. The Morgan fingerprint density at radius 2 is 2.05 bits per heavy atom. The minimum absolute atomic E-state index is 0.0114. The van der Waals surface area contributed by atoms with Crippen molar-refractivity contribution in [3.05, 3.63) is 29.3 Å². The molecule has 2 rings (SSSR count). The smallest absolute Gasteiger partial charge is 0.150 e. The normalized spacial score (nSPS) is 19.3. The first kappa shape index (κ1) is 13.8. The van der Waals surface area contributed by atoms with Gasteiger partial charge >= 0.3 is 0 Å². The van der Waals surface area contributed by atoms with Gasteiger partial charge in [-0.3, -0.25) is 0 Å². The molecule has 0 bridgehead atoms. The Morgan fingerprint density at radius 1 is 1.37 bits per heavy atom. The van der Waals surface area contributed by atoms with Crippen LogP contribution in [0, 0.1) is 28.9 Å². The van der Waals surface area contributed by atoms with Crippen molar-refractivity contribution in [3.63, 3.8) is 0 Å². The van der Waals surface area contributed by atoms with Crippen LogP contribution in [0.2, 0.25) is 0 Å². The predicted molar refractivity (Wildman–Crippen MR) is 67.7 cm³/mol. The maximum Gasteiger partial charge on any atom is 0.150 e. The zero-order valence-corrected chi connectivity index (χ0v) is 10.6. The molecule has 19 heavy (non-hydrogen) atoms. The van der Waals surface area contributed by atoms with Crippen LogP contribution in [0.3, 0.4) is 0 Å². The maximum absolute atomic E-state index is 13.9. The van der Waals surface area contributed by atoms with Crippen LogP contribution in [0.25, 0.3) is 0 Å². The van der Waals surface area contributed by atoms with E-state index in [0.717, 1.165) is 25.0 Å². The largest absolute Gasteiger partial charge is 0.396 e. The van der Waals surface area contributed by atoms with Gasteiger partial charge in [0.1, 0.15) is 5.69 Å². The number of nitrogens with zero attached hydrogens (tertiary/aromatic N) is 2. The number of benzene rings is 1. The van der Waals surface area contributed by atoms with E-state index in [2.05, 4.69) is 0 Å². The summed E-state index contributed by atoms with van der Waals surface area (Å²) in [6.45, 7) is 1.23. The van der Waals surface area contributed by atoms with Gasteiger partial charge in [0.25, 0.3) is 0 Å². The molecule has 0 aliphatic carbocycles. The third kappa shape index (κ3) is 3.02. The molecule has 1 aliphatic heterocycles. The number of piperidine rings is 1. The second kappa shape index (κ2) is 5.98. The van der Waals surface area contributed by atoms with Gasteiger partial charge in [-0.2, -0.15) is 5.26 Å². The molecule has 1 saturated heterocycles. The summed E-state index contributed by atoms with van der Waals surface area (Å²) in [6, 6.07) is 3.86. The number of hydrogen-bond donors (Lipinski definition) is 1. The van der Waals surface area contributed by atoms with Crippen LogP contribution >= 0.6 is 0 Å². The summed E-state index contributed by atoms with van der Waals surface area (Å²) in [5.74, 6) is -1.13. The first-order valence-corrected chi connectivity index (χ1v) is 6.40. The summed E-state index contributed by atoms with van der Waals surface area (Å²) in [4.78, 5) is 1.68. The zero-order valence-electron chi connectivity index (χ0n) is 10.6. The second-order valence-corrected chi connectivity index (χ2v) is 4.87. The zero-order chi connectivity index (χ0) is 13.8. The molecule has 1 aromatic rings. The number of aliphatic hydroxyl groups is 1. The number of halogens is 2. The molecule has 0 radical (unpaired) electrons. The molecule has 0 saturated carbocycles. The Labute approximate surface area is 111 Å². The van der Waals surface area contributed by atoms with E-state index in [1.807, 2.05) is 0 Å². The Bertz CT molecular complexity index is 474. The average molecular weight is 266 g/mol. The van der Waals surface area contributed by atoms with Crippen molar-refractivity contribution in [1.29, 1.82) is 5.26 Å². The van der Waals surface area contributed by atoms with E-state index in [1.165, 1.54) is 0 Å². The van der Waals surface area contributed by atoms with Crippen molar-refractivity contribution in [3.8, 4) is 6.07 Å². The minimum Gasteiger partial charge on any atom is -0.396 e. The molecular formula is C14H16F2N2O. The first-order valence-electron chi connectivity index (χ1n) is 6.40. The first-order chi connectivity index (χ1) is 9.15. The van der Waals surface area contributed by atoms with Gasteiger partial charge < -0.3 is 10.0 Å². The maximum atomic E-state index is 13.9. The number of aliphatic hydroxyl groups excluding tert-OH is 1. The lowest BCUT2D eigenvalue weighted by molar-refractivity contribution is 0.244. The lowest BCUT2D eigenvalue weighted by Crippen LogP contribution is -2.36. The lowest BCUT2D eigenvalue weighted by Gasteiger charge is -2.34. The molecule has 1 N–H and O–H groups in total. The highest BCUT2D eigenvalue weighted by molar-refractivity contribution is 5.53. The highest BCUT2D eigenvalue weighted by Gasteiger charge is 2.24. The standard InChI is InChI=1S/C14H16F2N2O/c15-12-6-11(8-17)7-13(16)14(12)18-4-1-2-10(9-18)3-5-19/h6-7,10,19H,1-5,9H2/t10-/m0/s1. The summed E-state index contributed by atoms with van der Waals surface area (Å²) < 4.78 is 27.8. The van der Waals surface area contributed by atoms with Crippen LogP contribution < -0.4 is 4.90 Å². The van der Waals surface area contributed by atoms with Crippen LogP contribution in [0.5, 0.6) is 0 Å². The van der Waals surface area contributed by atoms with Crippen molar-refractivity contribution >= 4 is 5.69 Å². The summed E-state index contributed by atoms with van der Waals surface area (Å²) >= 11 is 0. The monoisotopic (exact) mass is 266 g/mol. The van der Waals surface area contributed by atoms with Crippen molar-refractivity contribution in [2.75, 3.05) is 24.6 Å². The van der Waals surface area contributed by atoms with Crippen molar-refractivity contribution in [1.82, 2.24) is 0 Å². The number of nitriles is 1.